The van der Waals surface area contributed by atoms with Gasteiger partial charge in [0.1, 0.15) is 11.5 Å². The fraction of sp³-hybridized carbons (Fsp3) is 0.286. The molecule has 2 aromatic rings. The Kier molecular flexibility index (Phi) is 3.11. The van der Waals surface area contributed by atoms with Crippen molar-refractivity contribution in [1.82, 2.24) is 5.32 Å². The summed E-state index contributed by atoms with van der Waals surface area (Å²) in [7, 11) is 1.92. The molecule has 0 saturated heterocycles. The van der Waals surface area contributed by atoms with Crippen LogP contribution >= 0.6 is 0 Å². The van der Waals surface area contributed by atoms with Crippen LogP contribution in [0.25, 0.3) is 11.3 Å². The number of aryl methyl sites for hydroxylation is 1. The number of furan rings is 1. The average Bonchev–Trinajstić information content (AvgIpc) is 2.71. The minimum Gasteiger partial charge on any atom is -0.460 e. The van der Waals surface area contributed by atoms with Gasteiger partial charge in [-0.2, -0.15) is 0 Å². The molecule has 2 nitrogen and oxygen atoms in total. The van der Waals surface area contributed by atoms with Crippen LogP contribution in [0.4, 0.5) is 0 Å². The van der Waals surface area contributed by atoms with E-state index in [1.807, 2.05) is 19.2 Å². The van der Waals surface area contributed by atoms with Gasteiger partial charge in [-0.3, -0.25) is 0 Å². The third-order valence-electron chi connectivity index (χ3n) is 2.88. The predicted octanol–water partition coefficient (Wildman–Crippen LogP) is 3.28. The largest absolute Gasteiger partial charge is 0.460 e. The van der Waals surface area contributed by atoms with Crippen molar-refractivity contribution >= 4 is 0 Å². The average molecular weight is 215 g/mol. The Morgan fingerprint density at radius 1 is 1.12 bits per heavy atom. The monoisotopic (exact) mass is 215 g/mol. The molecule has 0 saturated carbocycles. The second-order valence-corrected chi connectivity index (χ2v) is 4.04. The lowest BCUT2D eigenvalue weighted by Gasteiger charge is -2.05. The first-order valence-electron chi connectivity index (χ1n) is 5.52. The summed E-state index contributed by atoms with van der Waals surface area (Å²) in [6, 6.07) is 10.3. The molecular formula is C14H17NO. The van der Waals surface area contributed by atoms with E-state index in [1.165, 1.54) is 16.7 Å². The topological polar surface area (TPSA) is 25.2 Å². The SMILES string of the molecule is CNCc1ccc(-c2cccc(C)c2C)o1. The highest BCUT2D eigenvalue weighted by Crippen LogP contribution is 2.27. The number of nitrogens with one attached hydrogen (secondary N) is 1. The first-order chi connectivity index (χ1) is 7.72. The highest BCUT2D eigenvalue weighted by atomic mass is 16.3. The summed E-state index contributed by atoms with van der Waals surface area (Å²) in [6.45, 7) is 5.02. The molecule has 2 rings (SSSR count). The molecule has 0 unspecified atom stereocenters. The lowest BCUT2D eigenvalue weighted by Crippen LogP contribution is -2.03. The summed E-state index contributed by atoms with van der Waals surface area (Å²) < 4.78 is 5.78. The molecule has 1 aromatic heterocycles. The van der Waals surface area contributed by atoms with Crippen molar-refractivity contribution in [2.45, 2.75) is 20.4 Å². The zero-order chi connectivity index (χ0) is 11.5. The number of rotatable bonds is 3. The van der Waals surface area contributed by atoms with Crippen molar-refractivity contribution in [1.29, 1.82) is 0 Å². The molecule has 0 aliphatic rings. The summed E-state index contributed by atoms with van der Waals surface area (Å²) >= 11 is 0. The van der Waals surface area contributed by atoms with Crippen molar-refractivity contribution in [2.75, 3.05) is 7.05 Å². The molecule has 0 fully saturated rings. The van der Waals surface area contributed by atoms with Gasteiger partial charge in [0.2, 0.25) is 0 Å². The zero-order valence-corrected chi connectivity index (χ0v) is 10.0. The van der Waals surface area contributed by atoms with E-state index in [9.17, 15) is 0 Å². The van der Waals surface area contributed by atoms with Crippen LogP contribution in [0.15, 0.2) is 34.7 Å². The maximum Gasteiger partial charge on any atom is 0.134 e. The van der Waals surface area contributed by atoms with E-state index in [4.69, 9.17) is 4.42 Å². The van der Waals surface area contributed by atoms with Gasteiger partial charge in [-0.25, -0.2) is 0 Å². The molecular weight excluding hydrogens is 198 g/mol. The minimum atomic E-state index is 0.769. The van der Waals surface area contributed by atoms with Gasteiger partial charge < -0.3 is 9.73 Å². The van der Waals surface area contributed by atoms with E-state index in [1.54, 1.807) is 0 Å². The molecule has 0 aliphatic heterocycles. The molecule has 0 aliphatic carbocycles. The molecule has 84 valence electrons. The van der Waals surface area contributed by atoms with Crippen LogP contribution in [-0.4, -0.2) is 7.05 Å². The molecule has 16 heavy (non-hydrogen) atoms. The molecule has 0 spiro atoms. The van der Waals surface area contributed by atoms with E-state index >= 15 is 0 Å². The standard InChI is InChI=1S/C14H17NO/c1-10-5-4-6-13(11(10)2)14-8-7-12(16-14)9-15-3/h4-8,15H,9H2,1-3H3. The molecule has 0 bridgehead atoms. The Hall–Kier alpha value is -1.54. The van der Waals surface area contributed by atoms with E-state index in [0.717, 1.165) is 18.1 Å². The van der Waals surface area contributed by atoms with Crippen LogP contribution < -0.4 is 5.32 Å². The molecule has 1 N–H and O–H groups in total. The van der Waals surface area contributed by atoms with Crippen molar-refractivity contribution in [3.8, 4) is 11.3 Å². The molecule has 0 amide bonds. The van der Waals surface area contributed by atoms with Gasteiger partial charge in [0.05, 0.1) is 6.54 Å². The normalized spacial score (nSPS) is 10.7. The first-order valence-corrected chi connectivity index (χ1v) is 5.52. The van der Waals surface area contributed by atoms with Crippen LogP contribution in [0, 0.1) is 13.8 Å². The van der Waals surface area contributed by atoms with E-state index < -0.39 is 0 Å². The third kappa shape index (κ3) is 2.02. The summed E-state index contributed by atoms with van der Waals surface area (Å²) in [5.41, 5.74) is 3.76. The quantitative estimate of drug-likeness (QED) is 0.850. The second-order valence-electron chi connectivity index (χ2n) is 4.04. The van der Waals surface area contributed by atoms with Gasteiger partial charge in [-0.15, -0.1) is 0 Å². The Bertz CT molecular complexity index is 485. The Balaban J connectivity index is 2.39. The molecule has 0 atom stereocenters. The zero-order valence-electron chi connectivity index (χ0n) is 10.0. The van der Waals surface area contributed by atoms with Crippen LogP contribution in [0.2, 0.25) is 0 Å². The molecule has 2 heteroatoms. The van der Waals surface area contributed by atoms with Gasteiger partial charge in [0.15, 0.2) is 0 Å². The van der Waals surface area contributed by atoms with E-state index in [2.05, 4.69) is 37.4 Å². The maximum atomic E-state index is 5.78. The highest BCUT2D eigenvalue weighted by molar-refractivity contribution is 5.63. The summed E-state index contributed by atoms with van der Waals surface area (Å²) in [6.07, 6.45) is 0. The lowest BCUT2D eigenvalue weighted by molar-refractivity contribution is 0.507. The number of benzene rings is 1. The Morgan fingerprint density at radius 3 is 2.69 bits per heavy atom. The third-order valence-corrected chi connectivity index (χ3v) is 2.88. The van der Waals surface area contributed by atoms with Crippen LogP contribution in [0.3, 0.4) is 0 Å². The smallest absolute Gasteiger partial charge is 0.134 e. The van der Waals surface area contributed by atoms with Crippen LogP contribution in [0.5, 0.6) is 0 Å². The van der Waals surface area contributed by atoms with Crippen molar-refractivity contribution in [3.63, 3.8) is 0 Å². The summed E-state index contributed by atoms with van der Waals surface area (Å²) in [5.74, 6) is 1.92. The highest BCUT2D eigenvalue weighted by Gasteiger charge is 2.07. The van der Waals surface area contributed by atoms with Gasteiger partial charge in [0, 0.05) is 5.56 Å². The van der Waals surface area contributed by atoms with Crippen molar-refractivity contribution in [3.05, 3.63) is 47.2 Å². The predicted molar refractivity (Wildman–Crippen MR) is 66.4 cm³/mol. The van der Waals surface area contributed by atoms with Crippen LogP contribution in [0.1, 0.15) is 16.9 Å². The minimum absolute atomic E-state index is 0.769. The van der Waals surface area contributed by atoms with Gasteiger partial charge in [0.25, 0.3) is 0 Å². The molecule has 1 aromatic carbocycles. The second kappa shape index (κ2) is 4.54. The fourth-order valence-electron chi connectivity index (χ4n) is 1.81. The number of hydrogen-bond donors (Lipinski definition) is 1. The first kappa shape index (κ1) is 11.0. The maximum absolute atomic E-state index is 5.78. The van der Waals surface area contributed by atoms with Gasteiger partial charge in [-0.1, -0.05) is 18.2 Å². The fourth-order valence-corrected chi connectivity index (χ4v) is 1.81. The van der Waals surface area contributed by atoms with Crippen molar-refractivity contribution < 1.29 is 4.42 Å². The number of hydrogen-bond acceptors (Lipinski definition) is 2. The molecule has 1 heterocycles. The van der Waals surface area contributed by atoms with E-state index in [-0.39, 0.29) is 0 Å². The Morgan fingerprint density at radius 2 is 1.94 bits per heavy atom. The van der Waals surface area contributed by atoms with Crippen molar-refractivity contribution in [2.24, 2.45) is 0 Å². The summed E-state index contributed by atoms with van der Waals surface area (Å²) in [5, 5.41) is 3.08. The van der Waals surface area contributed by atoms with Gasteiger partial charge >= 0.3 is 0 Å². The molecule has 0 radical (unpaired) electrons. The van der Waals surface area contributed by atoms with Gasteiger partial charge in [-0.05, 0) is 44.2 Å². The summed E-state index contributed by atoms with van der Waals surface area (Å²) in [4.78, 5) is 0. The lowest BCUT2D eigenvalue weighted by atomic mass is 10.0. The van der Waals surface area contributed by atoms with Crippen LogP contribution in [-0.2, 0) is 6.54 Å². The van der Waals surface area contributed by atoms with E-state index in [0.29, 0.717) is 0 Å². The Labute approximate surface area is 96.3 Å².